The van der Waals surface area contributed by atoms with Crippen molar-refractivity contribution in [2.75, 3.05) is 12.4 Å². The minimum atomic E-state index is -0.653. The Morgan fingerprint density at radius 2 is 1.86 bits per heavy atom. The Bertz CT molecular complexity index is 910. The van der Waals surface area contributed by atoms with Crippen LogP contribution in [0, 0.1) is 0 Å². The van der Waals surface area contributed by atoms with Crippen LogP contribution in [0.4, 0.5) is 0 Å². The van der Waals surface area contributed by atoms with Crippen molar-refractivity contribution in [2.24, 2.45) is 0 Å². The molecule has 7 heteroatoms. The van der Waals surface area contributed by atoms with Crippen LogP contribution >= 0.6 is 11.8 Å². The molecule has 0 aliphatic heterocycles. The van der Waals surface area contributed by atoms with Gasteiger partial charge < -0.3 is 14.4 Å². The summed E-state index contributed by atoms with van der Waals surface area (Å²) in [5.74, 6) is 1.90. The summed E-state index contributed by atoms with van der Waals surface area (Å²) >= 11 is 1.45. The fourth-order valence-electron chi connectivity index (χ4n) is 2.68. The first-order valence-electron chi connectivity index (χ1n) is 9.11. The fourth-order valence-corrected chi connectivity index (χ4v) is 3.59. The Hall–Kier alpha value is -2.64. The van der Waals surface area contributed by atoms with Gasteiger partial charge in [0.05, 0.1) is 6.10 Å². The summed E-state index contributed by atoms with van der Waals surface area (Å²) in [5.41, 5.74) is 1.65. The van der Waals surface area contributed by atoms with E-state index in [9.17, 15) is 9.90 Å². The summed E-state index contributed by atoms with van der Waals surface area (Å²) in [4.78, 5) is 11.3. The largest absolute Gasteiger partial charge is 0.491 e. The SMILES string of the molecule is CCn1c(SC[C@@H](O)COc2ccc(C(C)=O)cc2)nnc1-c1ccccc1. The zero-order chi connectivity index (χ0) is 19.9. The van der Waals surface area contributed by atoms with Crippen LogP contribution in [0.15, 0.2) is 59.8 Å². The minimum Gasteiger partial charge on any atom is -0.491 e. The number of benzene rings is 2. The first-order chi connectivity index (χ1) is 13.6. The highest BCUT2D eigenvalue weighted by Gasteiger charge is 2.15. The van der Waals surface area contributed by atoms with Gasteiger partial charge in [-0.2, -0.15) is 0 Å². The number of carbonyl (C=O) groups is 1. The van der Waals surface area contributed by atoms with E-state index in [1.54, 1.807) is 24.3 Å². The number of nitrogens with zero attached hydrogens (tertiary/aromatic N) is 3. The molecule has 3 rings (SSSR count). The molecule has 0 aliphatic rings. The molecule has 28 heavy (non-hydrogen) atoms. The van der Waals surface area contributed by atoms with Crippen LogP contribution in [0.5, 0.6) is 5.75 Å². The van der Waals surface area contributed by atoms with E-state index >= 15 is 0 Å². The van der Waals surface area contributed by atoms with Crippen LogP contribution < -0.4 is 4.74 Å². The van der Waals surface area contributed by atoms with Gasteiger partial charge >= 0.3 is 0 Å². The predicted molar refractivity (Wildman–Crippen MR) is 110 cm³/mol. The number of hydrogen-bond donors (Lipinski definition) is 1. The third-order valence-corrected chi connectivity index (χ3v) is 5.28. The number of aromatic nitrogens is 3. The number of rotatable bonds is 9. The van der Waals surface area contributed by atoms with Gasteiger partial charge in [0.1, 0.15) is 12.4 Å². The Balaban J connectivity index is 1.55. The number of aliphatic hydroxyl groups excluding tert-OH is 1. The van der Waals surface area contributed by atoms with E-state index in [-0.39, 0.29) is 12.4 Å². The molecule has 0 aliphatic carbocycles. The van der Waals surface area contributed by atoms with Crippen LogP contribution in [0.3, 0.4) is 0 Å². The highest BCUT2D eigenvalue weighted by atomic mass is 32.2. The first kappa shape index (κ1) is 20.1. The Morgan fingerprint density at radius 1 is 1.14 bits per heavy atom. The van der Waals surface area contributed by atoms with E-state index in [1.807, 2.05) is 41.8 Å². The Kier molecular flexibility index (Phi) is 6.84. The molecule has 3 aromatic rings. The summed E-state index contributed by atoms with van der Waals surface area (Å²) in [6.07, 6.45) is -0.653. The van der Waals surface area contributed by atoms with Crippen LogP contribution in [-0.2, 0) is 6.54 Å². The van der Waals surface area contributed by atoms with Crippen molar-refractivity contribution in [3.05, 3.63) is 60.2 Å². The van der Waals surface area contributed by atoms with Gasteiger partial charge in [-0.3, -0.25) is 4.79 Å². The van der Waals surface area contributed by atoms with Crippen molar-refractivity contribution in [1.29, 1.82) is 0 Å². The lowest BCUT2D eigenvalue weighted by molar-refractivity contribution is 0.101. The maximum absolute atomic E-state index is 11.3. The summed E-state index contributed by atoms with van der Waals surface area (Å²) in [5, 5.41) is 19.6. The van der Waals surface area contributed by atoms with Crippen molar-refractivity contribution in [3.63, 3.8) is 0 Å². The zero-order valence-corrected chi connectivity index (χ0v) is 16.7. The predicted octanol–water partition coefficient (Wildman–Crippen LogP) is 3.70. The van der Waals surface area contributed by atoms with Gasteiger partial charge in [0, 0.05) is 23.4 Å². The van der Waals surface area contributed by atoms with Crippen LogP contribution in [0.25, 0.3) is 11.4 Å². The third kappa shape index (κ3) is 4.99. The second-order valence-electron chi connectivity index (χ2n) is 6.27. The summed E-state index contributed by atoms with van der Waals surface area (Å²) in [6, 6.07) is 16.8. The third-order valence-electron chi connectivity index (χ3n) is 4.17. The van der Waals surface area contributed by atoms with Gasteiger partial charge in [0.2, 0.25) is 0 Å². The van der Waals surface area contributed by atoms with Gasteiger partial charge in [-0.25, -0.2) is 0 Å². The Morgan fingerprint density at radius 3 is 2.50 bits per heavy atom. The van der Waals surface area contributed by atoms with Crippen molar-refractivity contribution in [2.45, 2.75) is 31.7 Å². The first-order valence-corrected chi connectivity index (χ1v) is 10.1. The summed E-state index contributed by atoms with van der Waals surface area (Å²) in [6.45, 7) is 4.48. The van der Waals surface area contributed by atoms with Crippen molar-refractivity contribution >= 4 is 17.5 Å². The molecular weight excluding hydrogens is 374 g/mol. The van der Waals surface area contributed by atoms with E-state index in [0.717, 1.165) is 23.1 Å². The van der Waals surface area contributed by atoms with E-state index < -0.39 is 6.10 Å². The molecule has 6 nitrogen and oxygen atoms in total. The molecular formula is C21H23N3O3S. The molecule has 0 fully saturated rings. The molecule has 0 bridgehead atoms. The van der Waals surface area contributed by atoms with Gasteiger partial charge in [-0.15, -0.1) is 10.2 Å². The van der Waals surface area contributed by atoms with E-state index in [4.69, 9.17) is 4.74 Å². The maximum Gasteiger partial charge on any atom is 0.191 e. The lowest BCUT2D eigenvalue weighted by Gasteiger charge is -2.13. The molecule has 1 atom stereocenters. The van der Waals surface area contributed by atoms with Crippen LogP contribution in [-0.4, -0.2) is 44.1 Å². The molecule has 1 heterocycles. The minimum absolute atomic E-state index is 0.0119. The summed E-state index contributed by atoms with van der Waals surface area (Å²) < 4.78 is 7.64. The van der Waals surface area contributed by atoms with E-state index in [0.29, 0.717) is 17.1 Å². The van der Waals surface area contributed by atoms with Gasteiger partial charge in [-0.05, 0) is 38.1 Å². The van der Waals surface area contributed by atoms with E-state index in [2.05, 4.69) is 10.2 Å². The molecule has 0 radical (unpaired) electrons. The highest BCUT2D eigenvalue weighted by molar-refractivity contribution is 7.99. The molecule has 2 aromatic carbocycles. The van der Waals surface area contributed by atoms with Gasteiger partial charge in [0.25, 0.3) is 0 Å². The molecule has 0 spiro atoms. The average molecular weight is 398 g/mol. The van der Waals surface area contributed by atoms with Gasteiger partial charge in [-0.1, -0.05) is 42.1 Å². The number of ketones is 1. The van der Waals surface area contributed by atoms with Gasteiger partial charge in [0.15, 0.2) is 16.8 Å². The molecule has 0 saturated heterocycles. The standard InChI is InChI=1S/C21H23N3O3S/c1-3-24-20(17-7-5-4-6-8-17)22-23-21(24)28-14-18(26)13-27-19-11-9-16(10-12-19)15(2)25/h4-12,18,26H,3,13-14H2,1-2H3/t18-/m0/s1. The zero-order valence-electron chi connectivity index (χ0n) is 15.9. The maximum atomic E-state index is 11.3. The van der Waals surface area contributed by atoms with E-state index in [1.165, 1.54) is 18.7 Å². The van der Waals surface area contributed by atoms with Crippen molar-refractivity contribution < 1.29 is 14.6 Å². The number of Topliss-reactive ketones (excluding diaryl/α,β-unsaturated/α-hetero) is 1. The highest BCUT2D eigenvalue weighted by Crippen LogP contribution is 2.24. The lowest BCUT2D eigenvalue weighted by atomic mass is 10.1. The number of thioether (sulfide) groups is 1. The number of ether oxygens (including phenoxy) is 1. The number of hydrogen-bond acceptors (Lipinski definition) is 6. The Labute approximate surface area is 168 Å². The molecule has 1 aromatic heterocycles. The lowest BCUT2D eigenvalue weighted by Crippen LogP contribution is -2.20. The normalized spacial score (nSPS) is 12.0. The molecule has 0 amide bonds. The smallest absolute Gasteiger partial charge is 0.191 e. The fraction of sp³-hybridized carbons (Fsp3) is 0.286. The van der Waals surface area contributed by atoms with Crippen LogP contribution in [0.2, 0.25) is 0 Å². The van der Waals surface area contributed by atoms with Crippen molar-refractivity contribution in [3.8, 4) is 17.1 Å². The molecule has 0 saturated carbocycles. The topological polar surface area (TPSA) is 77.2 Å². The molecule has 1 N–H and O–H groups in total. The van der Waals surface area contributed by atoms with Crippen molar-refractivity contribution in [1.82, 2.24) is 14.8 Å². The quantitative estimate of drug-likeness (QED) is 0.438. The monoisotopic (exact) mass is 397 g/mol. The second-order valence-corrected chi connectivity index (χ2v) is 7.26. The molecule has 146 valence electrons. The number of aliphatic hydroxyl groups is 1. The summed E-state index contributed by atoms with van der Waals surface area (Å²) in [7, 11) is 0. The van der Waals surface area contributed by atoms with Crippen LogP contribution in [0.1, 0.15) is 24.2 Å². The average Bonchev–Trinajstić information content (AvgIpc) is 3.14. The second kappa shape index (κ2) is 9.52. The number of carbonyl (C=O) groups excluding carboxylic acids is 1. The molecule has 0 unspecified atom stereocenters.